The first kappa shape index (κ1) is 15.5. The molecule has 0 aromatic carbocycles. The first-order valence-corrected chi connectivity index (χ1v) is 7.36. The molecule has 2 rings (SSSR count). The third kappa shape index (κ3) is 4.04. The van der Waals surface area contributed by atoms with Crippen molar-refractivity contribution in [1.29, 1.82) is 0 Å². The maximum Gasteiger partial charge on any atom is 0.243 e. The Morgan fingerprint density at radius 2 is 2.33 bits per heavy atom. The van der Waals surface area contributed by atoms with Crippen LogP contribution in [0.1, 0.15) is 26.2 Å². The number of amides is 2. The summed E-state index contributed by atoms with van der Waals surface area (Å²) in [6, 6.07) is -0.561. The zero-order valence-electron chi connectivity index (χ0n) is 12.3. The number of rotatable bonds is 5. The second-order valence-corrected chi connectivity index (χ2v) is 5.45. The predicted molar refractivity (Wildman–Crippen MR) is 80.4 cm³/mol. The third-order valence-electron chi connectivity index (χ3n) is 3.92. The summed E-state index contributed by atoms with van der Waals surface area (Å²) < 4.78 is 0. The number of hydrogen-bond donors (Lipinski definition) is 2. The smallest absolute Gasteiger partial charge is 0.243 e. The lowest BCUT2D eigenvalue weighted by molar-refractivity contribution is -0.130. The van der Waals surface area contributed by atoms with Crippen LogP contribution in [0.2, 0.25) is 0 Å². The Morgan fingerprint density at radius 3 is 3.05 bits per heavy atom. The molecule has 0 aromatic rings. The van der Waals surface area contributed by atoms with Gasteiger partial charge in [-0.2, -0.15) is 0 Å². The molecule has 2 N–H and O–H groups in total. The van der Waals surface area contributed by atoms with Crippen LogP contribution in [0.3, 0.4) is 0 Å². The van der Waals surface area contributed by atoms with Gasteiger partial charge in [-0.25, -0.2) is 0 Å². The lowest BCUT2D eigenvalue weighted by Crippen LogP contribution is -2.43. The molecule has 1 heterocycles. The first-order valence-electron chi connectivity index (χ1n) is 7.36. The topological polar surface area (TPSA) is 69.6 Å². The average Bonchev–Trinajstić information content (AvgIpc) is 2.72. The maximum atomic E-state index is 12.1. The van der Waals surface area contributed by atoms with Crippen molar-refractivity contribution in [2.45, 2.75) is 38.3 Å². The predicted octanol–water partition coefficient (Wildman–Crippen LogP) is 0.917. The maximum absolute atomic E-state index is 12.1. The molecule has 0 aromatic heterocycles. The van der Waals surface area contributed by atoms with Crippen molar-refractivity contribution in [2.24, 2.45) is 0 Å². The zero-order chi connectivity index (χ0) is 15.2. The normalized spacial score (nSPS) is 25.1. The largest absolute Gasteiger partial charge is 0.391 e. The van der Waals surface area contributed by atoms with E-state index in [1.807, 2.05) is 12.2 Å². The lowest BCUT2D eigenvalue weighted by atomic mass is 10.1. The van der Waals surface area contributed by atoms with E-state index >= 15 is 0 Å². The molecule has 0 bridgehead atoms. The molecule has 0 spiro atoms. The monoisotopic (exact) mass is 290 g/mol. The minimum absolute atomic E-state index is 0.211. The Morgan fingerprint density at radius 1 is 1.52 bits per heavy atom. The fourth-order valence-corrected chi connectivity index (χ4v) is 2.61. The van der Waals surface area contributed by atoms with Crippen molar-refractivity contribution in [3.05, 3.63) is 35.5 Å². The fourth-order valence-electron chi connectivity index (χ4n) is 2.61. The van der Waals surface area contributed by atoms with Gasteiger partial charge >= 0.3 is 0 Å². The van der Waals surface area contributed by atoms with Gasteiger partial charge in [-0.1, -0.05) is 36.8 Å². The second-order valence-electron chi connectivity index (χ2n) is 5.45. The second kappa shape index (κ2) is 7.22. The van der Waals surface area contributed by atoms with Crippen molar-refractivity contribution in [1.82, 2.24) is 10.2 Å². The minimum atomic E-state index is -0.613. The summed E-state index contributed by atoms with van der Waals surface area (Å²) >= 11 is 0. The number of carbonyl (C=O) groups excluding carboxylic acids is 2. The van der Waals surface area contributed by atoms with Gasteiger partial charge < -0.3 is 15.3 Å². The molecule has 2 unspecified atom stereocenters. The number of aliphatic hydroxyl groups excluding tert-OH is 1. The molecule has 0 radical (unpaired) electrons. The molecule has 5 nitrogen and oxygen atoms in total. The summed E-state index contributed by atoms with van der Waals surface area (Å²) in [6.45, 7) is 2.79. The number of carbonyl (C=O) groups is 2. The van der Waals surface area contributed by atoms with Crippen LogP contribution in [0.15, 0.2) is 35.5 Å². The molecule has 21 heavy (non-hydrogen) atoms. The van der Waals surface area contributed by atoms with Crippen LogP contribution in [0, 0.1) is 0 Å². The number of aliphatic hydroxyl groups is 1. The zero-order valence-corrected chi connectivity index (χ0v) is 12.3. The molecule has 1 aliphatic heterocycles. The van der Waals surface area contributed by atoms with E-state index in [9.17, 15) is 14.7 Å². The van der Waals surface area contributed by atoms with Crippen LogP contribution in [-0.4, -0.2) is 47.6 Å². The molecule has 2 aliphatic rings. The van der Waals surface area contributed by atoms with Crippen LogP contribution in [-0.2, 0) is 9.59 Å². The van der Waals surface area contributed by atoms with Crippen molar-refractivity contribution < 1.29 is 14.7 Å². The van der Waals surface area contributed by atoms with E-state index in [-0.39, 0.29) is 12.5 Å². The molecule has 114 valence electrons. The highest BCUT2D eigenvalue weighted by Gasteiger charge is 2.34. The van der Waals surface area contributed by atoms with E-state index in [4.69, 9.17) is 0 Å². The van der Waals surface area contributed by atoms with Crippen LogP contribution >= 0.6 is 0 Å². The number of hydrogen-bond acceptors (Lipinski definition) is 3. The van der Waals surface area contributed by atoms with E-state index in [1.165, 1.54) is 10.5 Å². The SMILES string of the molecule is CCC1=CC=C(CNC(=O)C2CC(O)CN2C=O)C=CC1. The molecule has 1 aliphatic carbocycles. The Labute approximate surface area is 125 Å². The molecular formula is C16H22N2O3. The number of nitrogens with one attached hydrogen (secondary N) is 1. The quantitative estimate of drug-likeness (QED) is 0.740. The van der Waals surface area contributed by atoms with Gasteiger partial charge in [0.2, 0.25) is 12.3 Å². The van der Waals surface area contributed by atoms with Gasteiger partial charge in [0.25, 0.3) is 0 Å². The van der Waals surface area contributed by atoms with Crippen LogP contribution in [0.5, 0.6) is 0 Å². The standard InChI is InChI=1S/C16H22N2O3/c1-2-12-4-3-5-13(7-6-12)9-17-16(21)15-8-14(20)10-18(15)11-19/h3,5-7,11,14-15,20H,2,4,8-10H2,1H3,(H,17,21). The summed E-state index contributed by atoms with van der Waals surface area (Å²) in [5.41, 5.74) is 2.39. The highest BCUT2D eigenvalue weighted by molar-refractivity contribution is 5.84. The molecule has 2 atom stereocenters. The number of β-amino-alcohol motifs (C(OH)–C–C–N with tert-alkyl or cyclic N) is 1. The summed E-state index contributed by atoms with van der Waals surface area (Å²) in [5, 5.41) is 12.4. The van der Waals surface area contributed by atoms with Gasteiger partial charge in [-0.15, -0.1) is 0 Å². The Kier molecular flexibility index (Phi) is 5.33. The molecular weight excluding hydrogens is 268 g/mol. The van der Waals surface area contributed by atoms with Gasteiger partial charge in [0.05, 0.1) is 6.10 Å². The molecule has 0 saturated carbocycles. The first-order chi connectivity index (χ1) is 10.1. The van der Waals surface area contributed by atoms with Crippen LogP contribution in [0.25, 0.3) is 0 Å². The van der Waals surface area contributed by atoms with E-state index in [2.05, 4.69) is 24.4 Å². The van der Waals surface area contributed by atoms with E-state index in [0.717, 1.165) is 18.4 Å². The number of likely N-dealkylation sites (tertiary alicyclic amines) is 1. The summed E-state index contributed by atoms with van der Waals surface area (Å²) in [4.78, 5) is 24.4. The fraction of sp³-hybridized carbons (Fsp3) is 0.500. The van der Waals surface area contributed by atoms with E-state index in [1.54, 1.807) is 0 Å². The Balaban J connectivity index is 1.91. The van der Waals surface area contributed by atoms with Crippen molar-refractivity contribution >= 4 is 12.3 Å². The number of allylic oxidation sites excluding steroid dienone is 4. The Hall–Kier alpha value is -1.88. The third-order valence-corrected chi connectivity index (χ3v) is 3.92. The molecule has 1 fully saturated rings. The summed E-state index contributed by atoms with van der Waals surface area (Å²) in [5.74, 6) is -0.211. The average molecular weight is 290 g/mol. The Bertz CT molecular complexity index is 494. The van der Waals surface area contributed by atoms with Crippen molar-refractivity contribution in [3.8, 4) is 0 Å². The van der Waals surface area contributed by atoms with E-state index in [0.29, 0.717) is 19.4 Å². The van der Waals surface area contributed by atoms with Crippen LogP contribution < -0.4 is 5.32 Å². The molecule has 1 saturated heterocycles. The van der Waals surface area contributed by atoms with Gasteiger partial charge in [-0.05, 0) is 18.4 Å². The van der Waals surface area contributed by atoms with Gasteiger partial charge in [0.1, 0.15) is 6.04 Å². The lowest BCUT2D eigenvalue weighted by Gasteiger charge is -2.18. The van der Waals surface area contributed by atoms with Gasteiger partial charge in [-0.3, -0.25) is 9.59 Å². The highest BCUT2D eigenvalue weighted by Crippen LogP contribution is 2.17. The highest BCUT2D eigenvalue weighted by atomic mass is 16.3. The van der Waals surface area contributed by atoms with Crippen molar-refractivity contribution in [3.63, 3.8) is 0 Å². The summed E-state index contributed by atoms with van der Waals surface area (Å²) in [6.07, 6.45) is 10.5. The minimum Gasteiger partial charge on any atom is -0.391 e. The number of nitrogens with zero attached hydrogens (tertiary/aromatic N) is 1. The molecule has 5 heteroatoms. The van der Waals surface area contributed by atoms with Gasteiger partial charge in [0, 0.05) is 19.5 Å². The van der Waals surface area contributed by atoms with Gasteiger partial charge in [0.15, 0.2) is 0 Å². The van der Waals surface area contributed by atoms with Crippen LogP contribution in [0.4, 0.5) is 0 Å². The van der Waals surface area contributed by atoms with E-state index < -0.39 is 12.1 Å². The van der Waals surface area contributed by atoms with Crippen molar-refractivity contribution in [2.75, 3.05) is 13.1 Å². The molecule has 2 amide bonds. The summed E-state index contributed by atoms with van der Waals surface area (Å²) in [7, 11) is 0.